The number of ether oxygens (including phenoxy) is 1. The van der Waals surface area contributed by atoms with Crippen molar-refractivity contribution in [2.24, 2.45) is 0 Å². The zero-order valence-electron chi connectivity index (χ0n) is 9.88. The summed E-state index contributed by atoms with van der Waals surface area (Å²) in [5.74, 6) is 0.546. The van der Waals surface area contributed by atoms with Gasteiger partial charge in [-0.2, -0.15) is 5.26 Å². The Bertz CT molecular complexity index is 627. The molecular weight excluding hydrogens is 226 g/mol. The lowest BCUT2D eigenvalue weighted by Crippen LogP contribution is -1.91. The first kappa shape index (κ1) is 11.9. The van der Waals surface area contributed by atoms with E-state index in [0.29, 0.717) is 16.9 Å². The second-order valence-electron chi connectivity index (χ2n) is 3.77. The molecule has 2 aromatic carbocycles. The minimum Gasteiger partial charge on any atom is -0.496 e. The third-order valence-corrected chi connectivity index (χ3v) is 2.68. The summed E-state index contributed by atoms with van der Waals surface area (Å²) >= 11 is 0. The summed E-state index contributed by atoms with van der Waals surface area (Å²) < 4.78 is 5.09. The number of methoxy groups -OCH3 is 1. The lowest BCUT2D eigenvalue weighted by molar-refractivity contribution is 0.112. The van der Waals surface area contributed by atoms with E-state index in [1.807, 2.05) is 18.2 Å². The Morgan fingerprint density at radius 1 is 1.17 bits per heavy atom. The highest BCUT2D eigenvalue weighted by molar-refractivity contribution is 5.83. The van der Waals surface area contributed by atoms with Gasteiger partial charge in [0.25, 0.3) is 0 Å². The molecule has 0 N–H and O–H groups in total. The average molecular weight is 237 g/mol. The van der Waals surface area contributed by atoms with Crippen molar-refractivity contribution in [2.45, 2.75) is 0 Å². The number of nitrogens with zero attached hydrogens (tertiary/aromatic N) is 1. The fourth-order valence-corrected chi connectivity index (χ4v) is 1.77. The molecule has 0 radical (unpaired) electrons. The Labute approximate surface area is 105 Å². The molecule has 0 aliphatic rings. The van der Waals surface area contributed by atoms with E-state index in [-0.39, 0.29) is 0 Å². The quantitative estimate of drug-likeness (QED) is 0.771. The van der Waals surface area contributed by atoms with Crippen molar-refractivity contribution in [3.05, 3.63) is 53.6 Å². The molecule has 3 heteroatoms. The molecule has 3 nitrogen and oxygen atoms in total. The first-order chi connectivity index (χ1) is 8.78. The molecule has 0 aromatic heterocycles. The van der Waals surface area contributed by atoms with Crippen molar-refractivity contribution in [2.75, 3.05) is 7.11 Å². The van der Waals surface area contributed by atoms with Gasteiger partial charge in [-0.25, -0.2) is 0 Å². The molecule has 0 saturated carbocycles. The molecular formula is C15H11NO2. The summed E-state index contributed by atoms with van der Waals surface area (Å²) in [4.78, 5) is 11.0. The van der Waals surface area contributed by atoms with Crippen LogP contribution >= 0.6 is 0 Å². The second kappa shape index (κ2) is 5.15. The molecule has 0 fully saturated rings. The topological polar surface area (TPSA) is 50.1 Å². The van der Waals surface area contributed by atoms with Crippen molar-refractivity contribution < 1.29 is 9.53 Å². The van der Waals surface area contributed by atoms with Gasteiger partial charge in [-0.15, -0.1) is 0 Å². The average Bonchev–Trinajstić information content (AvgIpc) is 2.46. The second-order valence-corrected chi connectivity index (χ2v) is 3.77. The Morgan fingerprint density at radius 3 is 2.61 bits per heavy atom. The van der Waals surface area contributed by atoms with E-state index in [4.69, 9.17) is 10.00 Å². The maximum atomic E-state index is 11.0. The summed E-state index contributed by atoms with van der Waals surface area (Å²) in [6.45, 7) is 0. The molecule has 0 amide bonds. The third kappa shape index (κ3) is 2.23. The Hall–Kier alpha value is -2.60. The number of carbonyl (C=O) groups is 1. The number of carbonyl (C=O) groups excluding carboxylic acids is 1. The molecule has 0 aliphatic carbocycles. The van der Waals surface area contributed by atoms with Crippen molar-refractivity contribution in [1.82, 2.24) is 0 Å². The Kier molecular flexibility index (Phi) is 3.40. The Morgan fingerprint density at radius 2 is 1.94 bits per heavy atom. The normalized spacial score (nSPS) is 9.56. The van der Waals surface area contributed by atoms with Gasteiger partial charge in [-0.05, 0) is 35.4 Å². The van der Waals surface area contributed by atoms with E-state index in [1.165, 1.54) is 7.11 Å². The number of hydrogen-bond acceptors (Lipinski definition) is 3. The highest BCUT2D eigenvalue weighted by atomic mass is 16.5. The molecule has 0 unspecified atom stereocenters. The van der Waals surface area contributed by atoms with E-state index < -0.39 is 0 Å². The Balaban J connectivity index is 2.51. The molecule has 88 valence electrons. The molecule has 2 aromatic rings. The van der Waals surface area contributed by atoms with Gasteiger partial charge in [0.05, 0.1) is 24.3 Å². The van der Waals surface area contributed by atoms with Crippen molar-refractivity contribution in [3.63, 3.8) is 0 Å². The minimum absolute atomic E-state index is 0.498. The van der Waals surface area contributed by atoms with E-state index in [2.05, 4.69) is 6.07 Å². The van der Waals surface area contributed by atoms with Gasteiger partial charge >= 0.3 is 0 Å². The van der Waals surface area contributed by atoms with Gasteiger partial charge in [0.2, 0.25) is 0 Å². The third-order valence-electron chi connectivity index (χ3n) is 2.68. The number of nitriles is 1. The minimum atomic E-state index is 0.498. The highest BCUT2D eigenvalue weighted by Gasteiger charge is 2.05. The van der Waals surface area contributed by atoms with Crippen LogP contribution < -0.4 is 4.74 Å². The van der Waals surface area contributed by atoms with Gasteiger partial charge in [0.1, 0.15) is 5.75 Å². The van der Waals surface area contributed by atoms with Gasteiger partial charge in [0.15, 0.2) is 6.29 Å². The highest BCUT2D eigenvalue weighted by Crippen LogP contribution is 2.26. The lowest BCUT2D eigenvalue weighted by Gasteiger charge is -2.07. The van der Waals surface area contributed by atoms with Crippen LogP contribution in [0.1, 0.15) is 15.9 Å². The summed E-state index contributed by atoms with van der Waals surface area (Å²) in [6.07, 6.45) is 0.760. The molecule has 0 atom stereocenters. The van der Waals surface area contributed by atoms with Gasteiger partial charge in [-0.3, -0.25) is 4.79 Å². The van der Waals surface area contributed by atoms with Crippen LogP contribution in [0.25, 0.3) is 11.1 Å². The molecule has 0 aliphatic heterocycles. The van der Waals surface area contributed by atoms with Crippen LogP contribution in [-0.4, -0.2) is 13.4 Å². The zero-order valence-corrected chi connectivity index (χ0v) is 9.88. The summed E-state index contributed by atoms with van der Waals surface area (Å²) in [5, 5.41) is 8.87. The van der Waals surface area contributed by atoms with Gasteiger partial charge in [-0.1, -0.05) is 18.2 Å². The number of aldehydes is 1. The van der Waals surface area contributed by atoms with Gasteiger partial charge in [0, 0.05) is 0 Å². The lowest BCUT2D eigenvalue weighted by atomic mass is 10.0. The maximum Gasteiger partial charge on any atom is 0.153 e. The van der Waals surface area contributed by atoms with Crippen LogP contribution in [-0.2, 0) is 0 Å². The fourth-order valence-electron chi connectivity index (χ4n) is 1.77. The molecule has 0 bridgehead atoms. The monoisotopic (exact) mass is 237 g/mol. The van der Waals surface area contributed by atoms with Crippen LogP contribution in [0.4, 0.5) is 0 Å². The fraction of sp³-hybridized carbons (Fsp3) is 0.0667. The summed E-state index contributed by atoms with van der Waals surface area (Å²) in [7, 11) is 1.53. The van der Waals surface area contributed by atoms with E-state index in [9.17, 15) is 4.79 Å². The first-order valence-electron chi connectivity index (χ1n) is 5.42. The predicted octanol–water partition coefficient (Wildman–Crippen LogP) is 3.05. The SMILES string of the molecule is COc1ccc(-c2cccc(C#N)c2)cc1C=O. The predicted molar refractivity (Wildman–Crippen MR) is 68.5 cm³/mol. The molecule has 0 spiro atoms. The van der Waals surface area contributed by atoms with Crippen molar-refractivity contribution in [1.29, 1.82) is 5.26 Å². The van der Waals surface area contributed by atoms with Crippen LogP contribution in [0, 0.1) is 11.3 Å². The summed E-state index contributed by atoms with van der Waals surface area (Å²) in [6, 6.07) is 14.7. The molecule has 0 saturated heterocycles. The smallest absolute Gasteiger partial charge is 0.153 e. The van der Waals surface area contributed by atoms with Crippen LogP contribution in [0.15, 0.2) is 42.5 Å². The largest absolute Gasteiger partial charge is 0.496 e. The number of hydrogen-bond donors (Lipinski definition) is 0. The van der Waals surface area contributed by atoms with E-state index in [0.717, 1.165) is 17.4 Å². The molecule has 18 heavy (non-hydrogen) atoms. The van der Waals surface area contributed by atoms with Gasteiger partial charge < -0.3 is 4.74 Å². The van der Waals surface area contributed by atoms with E-state index >= 15 is 0 Å². The van der Waals surface area contributed by atoms with E-state index in [1.54, 1.807) is 24.3 Å². The standard InChI is InChI=1S/C15H11NO2/c1-18-15-6-5-13(8-14(15)10-17)12-4-2-3-11(7-12)9-16/h2-8,10H,1H3. The van der Waals surface area contributed by atoms with Crippen LogP contribution in [0.3, 0.4) is 0 Å². The van der Waals surface area contributed by atoms with Crippen molar-refractivity contribution >= 4 is 6.29 Å². The molecule has 0 heterocycles. The summed E-state index contributed by atoms with van der Waals surface area (Å²) in [5.41, 5.74) is 2.88. The van der Waals surface area contributed by atoms with Crippen molar-refractivity contribution in [3.8, 4) is 22.9 Å². The zero-order chi connectivity index (χ0) is 13.0. The maximum absolute atomic E-state index is 11.0. The van der Waals surface area contributed by atoms with Crippen LogP contribution in [0.5, 0.6) is 5.75 Å². The first-order valence-corrected chi connectivity index (χ1v) is 5.42. The number of benzene rings is 2. The number of rotatable bonds is 3. The van der Waals surface area contributed by atoms with Crippen LogP contribution in [0.2, 0.25) is 0 Å². The molecule has 2 rings (SSSR count).